The molecule has 0 spiro atoms. The molecule has 102 valence electrons. The average Bonchev–Trinajstić information content (AvgIpc) is 2.93. The van der Waals surface area contributed by atoms with Crippen LogP contribution in [0.5, 0.6) is 0 Å². The molecule has 0 aliphatic heterocycles. The topological polar surface area (TPSA) is 93.6 Å². The van der Waals surface area contributed by atoms with Crippen LogP contribution in [0, 0.1) is 10.1 Å². The number of hydrogen-bond donors (Lipinski definition) is 1. The molecule has 2 aromatic rings. The fourth-order valence-corrected chi connectivity index (χ4v) is 1.57. The first kappa shape index (κ1) is 13.7. The predicted molar refractivity (Wildman–Crippen MR) is 71.1 cm³/mol. The summed E-state index contributed by atoms with van der Waals surface area (Å²) < 4.78 is 5.19. The molecule has 0 saturated carbocycles. The van der Waals surface area contributed by atoms with Crippen molar-refractivity contribution in [1.29, 1.82) is 0 Å². The van der Waals surface area contributed by atoms with Gasteiger partial charge in [-0.15, -0.1) is 0 Å². The van der Waals surface area contributed by atoms with Crippen LogP contribution in [-0.4, -0.2) is 15.8 Å². The SMILES string of the molecule is O=C(/C=C/c1ccc(CO)o1)c1ccc([N+](=O)[O-])cc1. The molecular formula is C14H11NO5. The zero-order valence-electron chi connectivity index (χ0n) is 10.4. The minimum atomic E-state index is -0.524. The monoisotopic (exact) mass is 273 g/mol. The van der Waals surface area contributed by atoms with Crippen molar-refractivity contribution in [1.82, 2.24) is 0 Å². The Morgan fingerprint density at radius 3 is 2.50 bits per heavy atom. The second kappa shape index (κ2) is 5.94. The van der Waals surface area contributed by atoms with Crippen molar-refractivity contribution in [2.75, 3.05) is 0 Å². The molecule has 0 saturated heterocycles. The average molecular weight is 273 g/mol. The smallest absolute Gasteiger partial charge is 0.269 e. The molecule has 6 heteroatoms. The Balaban J connectivity index is 2.09. The number of benzene rings is 1. The van der Waals surface area contributed by atoms with Crippen molar-refractivity contribution in [2.45, 2.75) is 6.61 Å². The number of aliphatic hydroxyl groups excluding tert-OH is 1. The zero-order valence-corrected chi connectivity index (χ0v) is 10.4. The van der Waals surface area contributed by atoms with Crippen LogP contribution in [0.3, 0.4) is 0 Å². The lowest BCUT2D eigenvalue weighted by molar-refractivity contribution is -0.384. The molecule has 0 amide bonds. The van der Waals surface area contributed by atoms with E-state index in [0.717, 1.165) is 0 Å². The molecule has 1 heterocycles. The van der Waals surface area contributed by atoms with Gasteiger partial charge in [-0.2, -0.15) is 0 Å². The number of hydrogen-bond acceptors (Lipinski definition) is 5. The van der Waals surface area contributed by atoms with Gasteiger partial charge in [0.25, 0.3) is 5.69 Å². The van der Waals surface area contributed by atoms with E-state index in [1.807, 2.05) is 0 Å². The molecule has 6 nitrogen and oxygen atoms in total. The number of aliphatic hydroxyl groups is 1. The summed E-state index contributed by atoms with van der Waals surface area (Å²) in [6.07, 6.45) is 2.78. The first-order chi connectivity index (χ1) is 9.60. The molecule has 0 aliphatic carbocycles. The molecule has 0 bridgehead atoms. The van der Waals surface area contributed by atoms with Crippen molar-refractivity contribution >= 4 is 17.5 Å². The number of carbonyl (C=O) groups is 1. The number of nitro benzene ring substituents is 1. The lowest BCUT2D eigenvalue weighted by Gasteiger charge is -1.95. The highest BCUT2D eigenvalue weighted by molar-refractivity contribution is 6.06. The summed E-state index contributed by atoms with van der Waals surface area (Å²) in [7, 11) is 0. The molecule has 0 fully saturated rings. The van der Waals surface area contributed by atoms with Gasteiger partial charge in [0.05, 0.1) is 4.92 Å². The number of furan rings is 1. The third-order valence-electron chi connectivity index (χ3n) is 2.60. The van der Waals surface area contributed by atoms with E-state index in [2.05, 4.69) is 0 Å². The van der Waals surface area contributed by atoms with Crippen LogP contribution >= 0.6 is 0 Å². The molecule has 20 heavy (non-hydrogen) atoms. The maximum absolute atomic E-state index is 11.8. The van der Waals surface area contributed by atoms with Gasteiger partial charge in [-0.25, -0.2) is 0 Å². The Morgan fingerprint density at radius 1 is 1.25 bits per heavy atom. The number of carbonyl (C=O) groups excluding carboxylic acids is 1. The van der Waals surface area contributed by atoms with E-state index in [1.165, 1.54) is 36.4 Å². The minimum Gasteiger partial charge on any atom is -0.459 e. The first-order valence-electron chi connectivity index (χ1n) is 5.76. The number of nitrogens with zero attached hydrogens (tertiary/aromatic N) is 1. The number of allylic oxidation sites excluding steroid dienone is 1. The molecule has 0 atom stereocenters. The van der Waals surface area contributed by atoms with Gasteiger partial charge in [0, 0.05) is 17.7 Å². The minimum absolute atomic E-state index is 0.0656. The van der Waals surface area contributed by atoms with E-state index >= 15 is 0 Å². The van der Waals surface area contributed by atoms with Crippen LogP contribution < -0.4 is 0 Å². The molecular weight excluding hydrogens is 262 g/mol. The van der Waals surface area contributed by atoms with Gasteiger partial charge < -0.3 is 9.52 Å². The lowest BCUT2D eigenvalue weighted by atomic mass is 10.1. The van der Waals surface area contributed by atoms with Crippen molar-refractivity contribution < 1.29 is 19.2 Å². The normalized spacial score (nSPS) is 10.8. The Kier molecular flexibility index (Phi) is 4.07. The summed E-state index contributed by atoms with van der Waals surface area (Å²) in [5.74, 6) is 0.568. The van der Waals surface area contributed by atoms with E-state index in [1.54, 1.807) is 12.1 Å². The summed E-state index contributed by atoms with van der Waals surface area (Å²) >= 11 is 0. The van der Waals surface area contributed by atoms with Crippen LogP contribution in [0.1, 0.15) is 21.9 Å². The number of ketones is 1. The maximum Gasteiger partial charge on any atom is 0.269 e. The second-order valence-corrected chi connectivity index (χ2v) is 3.96. The number of nitro groups is 1. The summed E-state index contributed by atoms with van der Waals surface area (Å²) in [4.78, 5) is 21.8. The van der Waals surface area contributed by atoms with Crippen LogP contribution in [0.15, 0.2) is 46.9 Å². The van der Waals surface area contributed by atoms with Crippen LogP contribution in [0.4, 0.5) is 5.69 Å². The Labute approximate surface area is 114 Å². The van der Waals surface area contributed by atoms with Gasteiger partial charge in [-0.3, -0.25) is 14.9 Å². The van der Waals surface area contributed by atoms with E-state index in [9.17, 15) is 14.9 Å². The predicted octanol–water partition coefficient (Wildman–Crippen LogP) is 2.58. The van der Waals surface area contributed by atoms with Gasteiger partial charge in [0.2, 0.25) is 0 Å². The molecule has 2 rings (SSSR count). The van der Waals surface area contributed by atoms with Gasteiger partial charge in [0.15, 0.2) is 5.78 Å². The highest BCUT2D eigenvalue weighted by Crippen LogP contribution is 2.14. The molecule has 0 radical (unpaired) electrons. The number of rotatable bonds is 5. The summed E-state index contributed by atoms with van der Waals surface area (Å²) in [6, 6.07) is 8.58. The van der Waals surface area contributed by atoms with Crippen LogP contribution in [0.25, 0.3) is 6.08 Å². The highest BCUT2D eigenvalue weighted by atomic mass is 16.6. The van der Waals surface area contributed by atoms with Crippen LogP contribution in [-0.2, 0) is 6.61 Å². The second-order valence-electron chi connectivity index (χ2n) is 3.96. The van der Waals surface area contributed by atoms with E-state index in [0.29, 0.717) is 17.1 Å². The van der Waals surface area contributed by atoms with E-state index in [-0.39, 0.29) is 18.1 Å². The van der Waals surface area contributed by atoms with Gasteiger partial charge in [-0.1, -0.05) is 0 Å². The lowest BCUT2D eigenvalue weighted by Crippen LogP contribution is -1.95. The van der Waals surface area contributed by atoms with Gasteiger partial charge in [-0.05, 0) is 36.4 Å². The molecule has 1 aromatic heterocycles. The highest BCUT2D eigenvalue weighted by Gasteiger charge is 2.07. The largest absolute Gasteiger partial charge is 0.459 e. The van der Waals surface area contributed by atoms with Gasteiger partial charge in [0.1, 0.15) is 18.1 Å². The Hall–Kier alpha value is -2.73. The van der Waals surface area contributed by atoms with Crippen molar-refractivity contribution in [3.8, 4) is 0 Å². The zero-order chi connectivity index (χ0) is 14.5. The fourth-order valence-electron chi connectivity index (χ4n) is 1.57. The third-order valence-corrected chi connectivity index (χ3v) is 2.60. The van der Waals surface area contributed by atoms with Crippen molar-refractivity contribution in [3.63, 3.8) is 0 Å². The maximum atomic E-state index is 11.8. The summed E-state index contributed by atoms with van der Waals surface area (Å²) in [6.45, 7) is -0.204. The molecule has 1 N–H and O–H groups in total. The molecule has 1 aromatic carbocycles. The third kappa shape index (κ3) is 3.18. The van der Waals surface area contributed by atoms with Gasteiger partial charge >= 0.3 is 0 Å². The standard InChI is InChI=1S/C14H11NO5/c16-9-13-6-5-12(20-13)7-8-14(17)10-1-3-11(4-2-10)15(18)19/h1-8,16H,9H2/b8-7+. The summed E-state index contributed by atoms with van der Waals surface area (Å²) in [5, 5.41) is 19.3. The van der Waals surface area contributed by atoms with E-state index in [4.69, 9.17) is 9.52 Å². The summed E-state index contributed by atoms with van der Waals surface area (Å²) in [5.41, 5.74) is 0.282. The van der Waals surface area contributed by atoms with Crippen molar-refractivity contribution in [2.24, 2.45) is 0 Å². The first-order valence-corrected chi connectivity index (χ1v) is 5.76. The molecule has 0 aliphatic rings. The van der Waals surface area contributed by atoms with Crippen molar-refractivity contribution in [3.05, 3.63) is 69.7 Å². The molecule has 0 unspecified atom stereocenters. The number of non-ortho nitro benzene ring substituents is 1. The Morgan fingerprint density at radius 2 is 1.95 bits per heavy atom. The van der Waals surface area contributed by atoms with Crippen LogP contribution in [0.2, 0.25) is 0 Å². The fraction of sp³-hybridized carbons (Fsp3) is 0.0714. The Bertz CT molecular complexity index is 654. The van der Waals surface area contributed by atoms with E-state index < -0.39 is 4.92 Å². The quantitative estimate of drug-likeness (QED) is 0.391.